The summed E-state index contributed by atoms with van der Waals surface area (Å²) in [6.07, 6.45) is -0.0779. The number of ether oxygens (including phenoxy) is 2. The average Bonchev–Trinajstić information content (AvgIpc) is 2.48. The molecule has 6 nitrogen and oxygen atoms in total. The molecule has 0 spiro atoms. The first-order chi connectivity index (χ1) is 11.6. The molecule has 138 valence electrons. The monoisotopic (exact) mass is 353 g/mol. The van der Waals surface area contributed by atoms with Crippen molar-refractivity contribution in [1.29, 1.82) is 0 Å². The molecule has 0 radical (unpaired) electrons. The number of halogens is 1. The van der Waals surface area contributed by atoms with Gasteiger partial charge in [-0.25, -0.2) is 9.18 Å². The molecule has 0 aliphatic heterocycles. The molecule has 0 heterocycles. The van der Waals surface area contributed by atoms with E-state index in [1.165, 1.54) is 25.3 Å². The lowest BCUT2D eigenvalue weighted by Crippen LogP contribution is -2.42. The summed E-state index contributed by atoms with van der Waals surface area (Å²) in [4.78, 5) is 35.6. The lowest BCUT2D eigenvalue weighted by molar-refractivity contribution is -0.155. The van der Waals surface area contributed by atoms with Gasteiger partial charge >= 0.3 is 11.9 Å². The number of hydrogen-bond donors (Lipinski definition) is 1. The molecule has 1 rings (SSSR count). The van der Waals surface area contributed by atoms with E-state index in [0.29, 0.717) is 5.56 Å². The van der Waals surface area contributed by atoms with Crippen LogP contribution in [-0.2, 0) is 30.3 Å². The number of methoxy groups -OCH3 is 1. The van der Waals surface area contributed by atoms with Crippen molar-refractivity contribution in [3.8, 4) is 0 Å². The van der Waals surface area contributed by atoms with Crippen LogP contribution in [0.3, 0.4) is 0 Å². The number of esters is 2. The van der Waals surface area contributed by atoms with E-state index in [0.717, 1.165) is 0 Å². The van der Waals surface area contributed by atoms with E-state index in [-0.39, 0.29) is 19.3 Å². The molecule has 1 N–H and O–H groups in total. The lowest BCUT2D eigenvalue weighted by Gasteiger charge is -2.21. The van der Waals surface area contributed by atoms with Gasteiger partial charge in [0.15, 0.2) is 0 Å². The zero-order valence-corrected chi connectivity index (χ0v) is 14.9. The van der Waals surface area contributed by atoms with Crippen molar-refractivity contribution in [3.63, 3.8) is 0 Å². The second-order valence-corrected chi connectivity index (χ2v) is 6.58. The maximum Gasteiger partial charge on any atom is 0.328 e. The zero-order valence-electron chi connectivity index (χ0n) is 14.9. The molecule has 0 saturated carbocycles. The molecule has 0 aromatic heterocycles. The SMILES string of the molecule is COC(=O)[C@@H](CCC(=O)OC(C)(C)C)NC(=O)Cc1cccc(F)c1. The molecule has 0 saturated heterocycles. The van der Waals surface area contributed by atoms with Gasteiger partial charge in [-0.2, -0.15) is 0 Å². The van der Waals surface area contributed by atoms with Crippen LogP contribution in [0.5, 0.6) is 0 Å². The van der Waals surface area contributed by atoms with E-state index >= 15 is 0 Å². The van der Waals surface area contributed by atoms with Crippen molar-refractivity contribution in [2.45, 2.75) is 51.7 Å². The summed E-state index contributed by atoms with van der Waals surface area (Å²) in [5, 5.41) is 2.51. The Morgan fingerprint density at radius 1 is 1.24 bits per heavy atom. The van der Waals surface area contributed by atoms with E-state index in [2.05, 4.69) is 10.1 Å². The molecule has 1 atom stereocenters. The van der Waals surface area contributed by atoms with Gasteiger partial charge < -0.3 is 14.8 Å². The Morgan fingerprint density at radius 3 is 2.48 bits per heavy atom. The van der Waals surface area contributed by atoms with Crippen LogP contribution < -0.4 is 5.32 Å². The maximum absolute atomic E-state index is 13.2. The smallest absolute Gasteiger partial charge is 0.328 e. The highest BCUT2D eigenvalue weighted by Gasteiger charge is 2.24. The van der Waals surface area contributed by atoms with E-state index in [1.54, 1.807) is 26.8 Å². The predicted octanol–water partition coefficient (Wildman–Crippen LogP) is 2.15. The number of nitrogens with one attached hydrogen (secondary N) is 1. The van der Waals surface area contributed by atoms with E-state index < -0.39 is 35.3 Å². The van der Waals surface area contributed by atoms with Crippen LogP contribution in [0.4, 0.5) is 4.39 Å². The van der Waals surface area contributed by atoms with Crippen LogP contribution in [0.15, 0.2) is 24.3 Å². The van der Waals surface area contributed by atoms with Gasteiger partial charge in [-0.1, -0.05) is 12.1 Å². The molecule has 1 aromatic carbocycles. The molecular formula is C18H24FNO5. The summed E-state index contributed by atoms with van der Waals surface area (Å²) in [5.41, 5.74) is -0.147. The van der Waals surface area contributed by atoms with Gasteiger partial charge in [0.25, 0.3) is 0 Å². The average molecular weight is 353 g/mol. The summed E-state index contributed by atoms with van der Waals surface area (Å²) < 4.78 is 23.0. The number of amides is 1. The number of carbonyl (C=O) groups excluding carboxylic acids is 3. The molecule has 0 fully saturated rings. The van der Waals surface area contributed by atoms with Gasteiger partial charge in [-0.15, -0.1) is 0 Å². The number of benzene rings is 1. The van der Waals surface area contributed by atoms with Crippen LogP contribution in [0.2, 0.25) is 0 Å². The van der Waals surface area contributed by atoms with Crippen LogP contribution in [-0.4, -0.2) is 36.6 Å². The fourth-order valence-electron chi connectivity index (χ4n) is 2.12. The third kappa shape index (κ3) is 8.28. The van der Waals surface area contributed by atoms with Crippen LogP contribution in [0.25, 0.3) is 0 Å². The third-order valence-corrected chi connectivity index (χ3v) is 3.13. The van der Waals surface area contributed by atoms with Crippen molar-refractivity contribution in [1.82, 2.24) is 5.32 Å². The third-order valence-electron chi connectivity index (χ3n) is 3.13. The predicted molar refractivity (Wildman–Crippen MR) is 89.1 cm³/mol. The topological polar surface area (TPSA) is 81.7 Å². The molecule has 1 aromatic rings. The molecule has 25 heavy (non-hydrogen) atoms. The van der Waals surface area contributed by atoms with Crippen molar-refractivity contribution < 1.29 is 28.2 Å². The quantitative estimate of drug-likeness (QED) is 0.760. The summed E-state index contributed by atoms with van der Waals surface area (Å²) in [6.45, 7) is 5.22. The minimum Gasteiger partial charge on any atom is -0.467 e. The Hall–Kier alpha value is -2.44. The second kappa shape index (κ2) is 9.15. The lowest BCUT2D eigenvalue weighted by atomic mass is 10.1. The summed E-state index contributed by atoms with van der Waals surface area (Å²) >= 11 is 0. The van der Waals surface area contributed by atoms with Gasteiger partial charge in [-0.05, 0) is 44.9 Å². The fraction of sp³-hybridized carbons (Fsp3) is 0.500. The second-order valence-electron chi connectivity index (χ2n) is 6.58. The van der Waals surface area contributed by atoms with Gasteiger partial charge in [0.2, 0.25) is 5.91 Å². The Labute approximate surface area is 146 Å². The first kappa shape index (κ1) is 20.6. The first-order valence-corrected chi connectivity index (χ1v) is 7.94. The molecule has 1 amide bonds. The Balaban J connectivity index is 2.62. The molecular weight excluding hydrogens is 329 g/mol. The highest BCUT2D eigenvalue weighted by molar-refractivity contribution is 5.86. The maximum atomic E-state index is 13.2. The van der Waals surface area contributed by atoms with E-state index in [1.807, 2.05) is 0 Å². The fourth-order valence-corrected chi connectivity index (χ4v) is 2.12. The van der Waals surface area contributed by atoms with Crippen molar-refractivity contribution in [3.05, 3.63) is 35.6 Å². The van der Waals surface area contributed by atoms with Gasteiger partial charge in [0.05, 0.1) is 13.5 Å². The van der Waals surface area contributed by atoms with E-state index in [4.69, 9.17) is 4.74 Å². The Kier molecular flexibility index (Phi) is 7.54. The molecule has 0 aliphatic carbocycles. The largest absolute Gasteiger partial charge is 0.467 e. The van der Waals surface area contributed by atoms with Gasteiger partial charge in [0, 0.05) is 6.42 Å². The Bertz CT molecular complexity index is 624. The number of carbonyl (C=O) groups is 3. The van der Waals surface area contributed by atoms with Crippen molar-refractivity contribution >= 4 is 17.8 Å². The highest BCUT2D eigenvalue weighted by Crippen LogP contribution is 2.11. The van der Waals surface area contributed by atoms with Gasteiger partial charge in [0.1, 0.15) is 17.5 Å². The first-order valence-electron chi connectivity index (χ1n) is 7.94. The molecule has 0 aliphatic rings. The van der Waals surface area contributed by atoms with Crippen molar-refractivity contribution in [2.75, 3.05) is 7.11 Å². The highest BCUT2D eigenvalue weighted by atomic mass is 19.1. The molecule has 0 bridgehead atoms. The molecule has 0 unspecified atom stereocenters. The minimum atomic E-state index is -0.974. The number of hydrogen-bond acceptors (Lipinski definition) is 5. The van der Waals surface area contributed by atoms with Gasteiger partial charge in [-0.3, -0.25) is 9.59 Å². The van der Waals surface area contributed by atoms with Crippen LogP contribution in [0, 0.1) is 5.82 Å². The summed E-state index contributed by atoms with van der Waals surface area (Å²) in [5.74, 6) is -2.04. The minimum absolute atomic E-state index is 0.0444. The summed E-state index contributed by atoms with van der Waals surface area (Å²) in [7, 11) is 1.20. The standard InChI is InChI=1S/C18H24FNO5/c1-18(2,3)25-16(22)9-8-14(17(23)24-4)20-15(21)11-12-6-5-7-13(19)10-12/h5-7,10,14H,8-9,11H2,1-4H3,(H,20,21)/t14-/m1/s1. The zero-order chi connectivity index (χ0) is 19.0. The normalized spacial score (nSPS) is 12.2. The summed E-state index contributed by atoms with van der Waals surface area (Å²) in [6, 6.07) is 4.65. The van der Waals surface area contributed by atoms with Crippen LogP contribution >= 0.6 is 0 Å². The number of rotatable bonds is 7. The Morgan fingerprint density at radius 2 is 1.92 bits per heavy atom. The van der Waals surface area contributed by atoms with Crippen molar-refractivity contribution in [2.24, 2.45) is 0 Å². The van der Waals surface area contributed by atoms with Crippen LogP contribution in [0.1, 0.15) is 39.2 Å². The molecule has 7 heteroatoms. The van der Waals surface area contributed by atoms with E-state index in [9.17, 15) is 18.8 Å².